The monoisotopic (exact) mass is 335 g/mol. The number of nitrogens with one attached hydrogen (secondary N) is 3. The van der Waals surface area contributed by atoms with Gasteiger partial charge in [-0.15, -0.1) is 0 Å². The fraction of sp³-hybridized carbons (Fsp3) is 0.286. The van der Waals surface area contributed by atoms with Gasteiger partial charge in [-0.2, -0.15) is 0 Å². The third-order valence-corrected chi connectivity index (χ3v) is 3.41. The molecule has 0 saturated carbocycles. The molecule has 23 heavy (non-hydrogen) atoms. The number of aromatic nitrogens is 3. The standard InChI is InChI=1S/C14H17N5O3S/c1-8-4-10(12(22-2)15-6-8)18-13(21)16-7-9-5-11(20)19-14(17-9)23-3/h4-6H,7H2,1-3H3,(H2,16,18,21)(H,17,19,20). The third kappa shape index (κ3) is 4.71. The molecule has 0 saturated heterocycles. The zero-order valence-corrected chi connectivity index (χ0v) is 13.8. The van der Waals surface area contributed by atoms with Gasteiger partial charge in [-0.25, -0.2) is 14.8 Å². The number of ether oxygens (including phenoxy) is 1. The normalized spacial score (nSPS) is 10.2. The van der Waals surface area contributed by atoms with Crippen molar-refractivity contribution in [3.63, 3.8) is 0 Å². The maximum Gasteiger partial charge on any atom is 0.319 e. The summed E-state index contributed by atoms with van der Waals surface area (Å²) >= 11 is 1.32. The van der Waals surface area contributed by atoms with Gasteiger partial charge >= 0.3 is 6.03 Å². The van der Waals surface area contributed by atoms with Crippen molar-refractivity contribution in [2.45, 2.75) is 18.6 Å². The van der Waals surface area contributed by atoms with Crippen molar-refractivity contribution in [1.82, 2.24) is 20.3 Å². The summed E-state index contributed by atoms with van der Waals surface area (Å²) in [7, 11) is 1.48. The first-order chi connectivity index (χ1) is 11.0. The van der Waals surface area contributed by atoms with E-state index < -0.39 is 6.03 Å². The highest BCUT2D eigenvalue weighted by atomic mass is 32.2. The van der Waals surface area contributed by atoms with Gasteiger partial charge < -0.3 is 20.4 Å². The summed E-state index contributed by atoms with van der Waals surface area (Å²) < 4.78 is 5.10. The summed E-state index contributed by atoms with van der Waals surface area (Å²) in [6.07, 6.45) is 3.45. The van der Waals surface area contributed by atoms with Crippen LogP contribution >= 0.6 is 11.8 Å². The van der Waals surface area contributed by atoms with Gasteiger partial charge in [-0.3, -0.25) is 4.79 Å². The number of carbonyl (C=O) groups is 1. The third-order valence-electron chi connectivity index (χ3n) is 2.83. The van der Waals surface area contributed by atoms with Crippen LogP contribution < -0.4 is 20.9 Å². The number of hydrogen-bond donors (Lipinski definition) is 3. The minimum absolute atomic E-state index is 0.130. The number of urea groups is 1. The molecule has 2 rings (SSSR count). The maximum atomic E-state index is 12.0. The molecule has 0 radical (unpaired) electrons. The van der Waals surface area contributed by atoms with Crippen molar-refractivity contribution in [3.8, 4) is 5.88 Å². The number of amides is 2. The second-order valence-corrected chi connectivity index (χ2v) is 5.42. The summed E-state index contributed by atoms with van der Waals surface area (Å²) in [5.74, 6) is 0.324. The lowest BCUT2D eigenvalue weighted by Gasteiger charge is -2.11. The van der Waals surface area contributed by atoms with Gasteiger partial charge in [-0.05, 0) is 24.8 Å². The van der Waals surface area contributed by atoms with E-state index in [-0.39, 0.29) is 12.1 Å². The van der Waals surface area contributed by atoms with E-state index in [1.807, 2.05) is 6.92 Å². The molecule has 0 fully saturated rings. The molecule has 3 N–H and O–H groups in total. The summed E-state index contributed by atoms with van der Waals surface area (Å²) in [6, 6.07) is 2.65. The summed E-state index contributed by atoms with van der Waals surface area (Å²) in [6.45, 7) is 1.99. The number of rotatable bonds is 5. The summed E-state index contributed by atoms with van der Waals surface area (Å²) in [5.41, 5.74) is 1.57. The second-order valence-electron chi connectivity index (χ2n) is 4.62. The van der Waals surface area contributed by atoms with E-state index in [1.54, 1.807) is 18.5 Å². The first-order valence-electron chi connectivity index (χ1n) is 6.71. The SMILES string of the molecule is COc1ncc(C)cc1NC(=O)NCc1cc(=O)[nH]c(SC)n1. The summed E-state index contributed by atoms with van der Waals surface area (Å²) in [4.78, 5) is 34.3. The van der Waals surface area contributed by atoms with Gasteiger partial charge in [0.25, 0.3) is 5.56 Å². The smallest absolute Gasteiger partial charge is 0.319 e. The van der Waals surface area contributed by atoms with Gasteiger partial charge in [0.2, 0.25) is 5.88 Å². The van der Waals surface area contributed by atoms with Gasteiger partial charge in [0.05, 0.1) is 19.3 Å². The number of H-pyrrole nitrogens is 1. The molecule has 2 amide bonds. The van der Waals surface area contributed by atoms with Gasteiger partial charge in [0.1, 0.15) is 5.69 Å². The average Bonchev–Trinajstić information content (AvgIpc) is 2.52. The predicted molar refractivity (Wildman–Crippen MR) is 88.0 cm³/mol. The van der Waals surface area contributed by atoms with Crippen LogP contribution in [0.4, 0.5) is 10.5 Å². The van der Waals surface area contributed by atoms with Crippen LogP contribution in [0, 0.1) is 6.92 Å². The number of methoxy groups -OCH3 is 1. The van der Waals surface area contributed by atoms with Crippen LogP contribution in [0.25, 0.3) is 0 Å². The Morgan fingerprint density at radius 2 is 2.22 bits per heavy atom. The largest absolute Gasteiger partial charge is 0.480 e. The second kappa shape index (κ2) is 7.63. The fourth-order valence-corrected chi connectivity index (χ4v) is 2.23. The van der Waals surface area contributed by atoms with Crippen LogP contribution in [-0.2, 0) is 6.54 Å². The molecule has 2 heterocycles. The zero-order chi connectivity index (χ0) is 16.8. The lowest BCUT2D eigenvalue weighted by atomic mass is 10.3. The average molecular weight is 335 g/mol. The van der Waals surface area contributed by atoms with Crippen molar-refractivity contribution in [2.24, 2.45) is 0 Å². The number of thioether (sulfide) groups is 1. The van der Waals surface area contributed by atoms with Crippen LogP contribution in [0.15, 0.2) is 28.3 Å². The molecule has 122 valence electrons. The Morgan fingerprint density at radius 3 is 2.91 bits per heavy atom. The lowest BCUT2D eigenvalue weighted by molar-refractivity contribution is 0.251. The van der Waals surface area contributed by atoms with Crippen LogP contribution in [-0.4, -0.2) is 34.3 Å². The van der Waals surface area contributed by atoms with Crippen LogP contribution in [0.2, 0.25) is 0 Å². The predicted octanol–water partition coefficient (Wildman–Crippen LogP) is 1.53. The van der Waals surface area contributed by atoms with Crippen molar-refractivity contribution in [2.75, 3.05) is 18.7 Å². The Bertz CT molecular complexity index is 762. The van der Waals surface area contributed by atoms with E-state index in [0.717, 1.165) is 5.56 Å². The Hall–Kier alpha value is -2.55. The van der Waals surface area contributed by atoms with Crippen molar-refractivity contribution in [1.29, 1.82) is 0 Å². The first-order valence-corrected chi connectivity index (χ1v) is 7.94. The number of aromatic amines is 1. The first kappa shape index (κ1) is 16.8. The van der Waals surface area contributed by atoms with Crippen molar-refractivity contribution in [3.05, 3.63) is 39.9 Å². The minimum Gasteiger partial charge on any atom is -0.480 e. The molecule has 2 aromatic rings. The number of aryl methyl sites for hydroxylation is 1. The van der Waals surface area contributed by atoms with E-state index in [1.165, 1.54) is 24.9 Å². The molecule has 0 spiro atoms. The number of carbonyl (C=O) groups excluding carboxylic acids is 1. The molecule has 0 aliphatic carbocycles. The van der Waals surface area contributed by atoms with E-state index in [0.29, 0.717) is 22.4 Å². The molecule has 0 unspecified atom stereocenters. The van der Waals surface area contributed by atoms with E-state index in [2.05, 4.69) is 25.6 Å². The highest BCUT2D eigenvalue weighted by Crippen LogP contribution is 2.21. The highest BCUT2D eigenvalue weighted by molar-refractivity contribution is 7.98. The number of pyridine rings is 1. The highest BCUT2D eigenvalue weighted by Gasteiger charge is 2.09. The molecule has 0 atom stereocenters. The van der Waals surface area contributed by atoms with Crippen LogP contribution in [0.5, 0.6) is 5.88 Å². The Kier molecular flexibility index (Phi) is 5.58. The van der Waals surface area contributed by atoms with Crippen molar-refractivity contribution >= 4 is 23.5 Å². The molecule has 9 heteroatoms. The quantitative estimate of drug-likeness (QED) is 0.565. The molecule has 0 aromatic carbocycles. The number of nitrogens with zero attached hydrogens (tertiary/aromatic N) is 2. The van der Waals surface area contributed by atoms with Gasteiger partial charge in [-0.1, -0.05) is 11.8 Å². The molecule has 2 aromatic heterocycles. The number of hydrogen-bond acceptors (Lipinski definition) is 6. The topological polar surface area (TPSA) is 109 Å². The lowest BCUT2D eigenvalue weighted by Crippen LogP contribution is -2.29. The molecule has 8 nitrogen and oxygen atoms in total. The van der Waals surface area contributed by atoms with E-state index in [4.69, 9.17) is 4.74 Å². The summed E-state index contributed by atoms with van der Waals surface area (Å²) in [5, 5.41) is 5.80. The van der Waals surface area contributed by atoms with Crippen LogP contribution in [0.3, 0.4) is 0 Å². The number of anilines is 1. The molecule has 0 bridgehead atoms. The Balaban J connectivity index is 2.02. The molecular weight excluding hydrogens is 318 g/mol. The van der Waals surface area contributed by atoms with E-state index >= 15 is 0 Å². The zero-order valence-electron chi connectivity index (χ0n) is 13.0. The molecular formula is C14H17N5O3S. The van der Waals surface area contributed by atoms with Gasteiger partial charge in [0.15, 0.2) is 5.16 Å². The maximum absolute atomic E-state index is 12.0. The minimum atomic E-state index is -0.441. The molecule has 0 aliphatic heterocycles. The fourth-order valence-electron chi connectivity index (χ4n) is 1.82. The van der Waals surface area contributed by atoms with Crippen molar-refractivity contribution < 1.29 is 9.53 Å². The Labute approximate surface area is 137 Å². The molecule has 0 aliphatic rings. The Morgan fingerprint density at radius 1 is 1.43 bits per heavy atom. The van der Waals surface area contributed by atoms with Gasteiger partial charge in [0, 0.05) is 12.3 Å². The van der Waals surface area contributed by atoms with Crippen LogP contribution in [0.1, 0.15) is 11.3 Å². The van der Waals surface area contributed by atoms with E-state index in [9.17, 15) is 9.59 Å².